The average Bonchev–Trinajstić information content (AvgIpc) is 2.16. The number of nitrogens with one attached hydrogen (secondary N) is 1. The van der Waals surface area contributed by atoms with Gasteiger partial charge in [0.1, 0.15) is 0 Å². The number of hydrogen-bond acceptors (Lipinski definition) is 2. The molecule has 0 aliphatic heterocycles. The average molecular weight is 226 g/mol. The van der Waals surface area contributed by atoms with Gasteiger partial charge in [0.05, 0.1) is 0 Å². The minimum Gasteiger partial charge on any atom is -0.356 e. The second kappa shape index (κ2) is 6.24. The fraction of sp³-hybridized carbons (Fsp3) is 0.923. The molecule has 16 heavy (non-hydrogen) atoms. The standard InChI is InChI=1S/C13H26N2O/c1-13(2,14)10-12(16)15-9-8-11-6-4-3-5-7-11/h11H,3-10,14H2,1-2H3,(H,15,16). The molecule has 3 nitrogen and oxygen atoms in total. The van der Waals surface area contributed by atoms with Crippen molar-refractivity contribution in [2.75, 3.05) is 6.54 Å². The zero-order valence-electron chi connectivity index (χ0n) is 10.7. The molecule has 0 radical (unpaired) electrons. The highest BCUT2D eigenvalue weighted by Crippen LogP contribution is 2.25. The topological polar surface area (TPSA) is 55.1 Å². The Morgan fingerprint density at radius 3 is 2.50 bits per heavy atom. The molecular formula is C13H26N2O. The lowest BCUT2D eigenvalue weighted by molar-refractivity contribution is -0.122. The third kappa shape index (κ3) is 6.11. The van der Waals surface area contributed by atoms with E-state index in [2.05, 4.69) is 5.32 Å². The first-order chi connectivity index (χ1) is 7.47. The van der Waals surface area contributed by atoms with E-state index in [1.807, 2.05) is 13.8 Å². The van der Waals surface area contributed by atoms with Crippen molar-refractivity contribution in [1.82, 2.24) is 5.32 Å². The quantitative estimate of drug-likeness (QED) is 0.755. The SMILES string of the molecule is CC(C)(N)CC(=O)NCCC1CCCCC1. The molecule has 94 valence electrons. The lowest BCUT2D eigenvalue weighted by Gasteiger charge is -2.22. The number of nitrogens with two attached hydrogens (primary N) is 1. The van der Waals surface area contributed by atoms with Gasteiger partial charge in [0.2, 0.25) is 5.91 Å². The van der Waals surface area contributed by atoms with Crippen LogP contribution in [0, 0.1) is 5.92 Å². The van der Waals surface area contributed by atoms with Gasteiger partial charge in [-0.1, -0.05) is 32.1 Å². The monoisotopic (exact) mass is 226 g/mol. The lowest BCUT2D eigenvalue weighted by atomic mass is 9.87. The van der Waals surface area contributed by atoms with E-state index in [0.29, 0.717) is 6.42 Å². The Hall–Kier alpha value is -0.570. The second-order valence-electron chi connectivity index (χ2n) is 5.81. The number of amides is 1. The molecule has 1 saturated carbocycles. The highest BCUT2D eigenvalue weighted by molar-refractivity contribution is 5.76. The number of rotatable bonds is 5. The first-order valence-electron chi connectivity index (χ1n) is 6.53. The fourth-order valence-electron chi connectivity index (χ4n) is 2.37. The number of carbonyl (C=O) groups excluding carboxylic acids is 1. The molecule has 0 unspecified atom stereocenters. The first kappa shape index (κ1) is 13.5. The summed E-state index contributed by atoms with van der Waals surface area (Å²) >= 11 is 0. The summed E-state index contributed by atoms with van der Waals surface area (Å²) in [7, 11) is 0. The van der Waals surface area contributed by atoms with Gasteiger partial charge in [-0.2, -0.15) is 0 Å². The van der Waals surface area contributed by atoms with Crippen LogP contribution in [-0.4, -0.2) is 18.0 Å². The van der Waals surface area contributed by atoms with Crippen molar-refractivity contribution >= 4 is 5.91 Å². The van der Waals surface area contributed by atoms with Crippen LogP contribution >= 0.6 is 0 Å². The van der Waals surface area contributed by atoms with E-state index in [1.54, 1.807) is 0 Å². The van der Waals surface area contributed by atoms with Crippen molar-refractivity contribution in [2.24, 2.45) is 11.7 Å². The molecule has 1 rings (SSSR count). The van der Waals surface area contributed by atoms with Crippen LogP contribution in [0.4, 0.5) is 0 Å². The van der Waals surface area contributed by atoms with E-state index in [9.17, 15) is 4.79 Å². The largest absolute Gasteiger partial charge is 0.356 e. The Morgan fingerprint density at radius 1 is 1.31 bits per heavy atom. The van der Waals surface area contributed by atoms with Gasteiger partial charge in [0.15, 0.2) is 0 Å². The molecule has 0 aromatic heterocycles. The van der Waals surface area contributed by atoms with Gasteiger partial charge in [-0.15, -0.1) is 0 Å². The van der Waals surface area contributed by atoms with Crippen LogP contribution in [-0.2, 0) is 4.79 Å². The summed E-state index contributed by atoms with van der Waals surface area (Å²) < 4.78 is 0. The summed E-state index contributed by atoms with van der Waals surface area (Å²) in [5.74, 6) is 0.920. The Morgan fingerprint density at radius 2 is 1.94 bits per heavy atom. The molecule has 0 heterocycles. The van der Waals surface area contributed by atoms with Gasteiger partial charge in [0.25, 0.3) is 0 Å². The van der Waals surface area contributed by atoms with Crippen LogP contribution < -0.4 is 11.1 Å². The molecule has 3 heteroatoms. The third-order valence-electron chi connectivity index (χ3n) is 3.22. The molecule has 0 aromatic carbocycles. The van der Waals surface area contributed by atoms with E-state index in [4.69, 9.17) is 5.73 Å². The van der Waals surface area contributed by atoms with E-state index >= 15 is 0 Å². The van der Waals surface area contributed by atoms with Gasteiger partial charge in [-0.25, -0.2) is 0 Å². The van der Waals surface area contributed by atoms with Crippen molar-refractivity contribution in [1.29, 1.82) is 0 Å². The maximum Gasteiger partial charge on any atom is 0.221 e. The van der Waals surface area contributed by atoms with Crippen LogP contribution in [0.2, 0.25) is 0 Å². The van der Waals surface area contributed by atoms with E-state index in [0.717, 1.165) is 18.9 Å². The Bertz CT molecular complexity index is 214. The van der Waals surface area contributed by atoms with Crippen LogP contribution in [0.3, 0.4) is 0 Å². The van der Waals surface area contributed by atoms with Crippen molar-refractivity contribution in [3.63, 3.8) is 0 Å². The second-order valence-corrected chi connectivity index (χ2v) is 5.81. The fourth-order valence-corrected chi connectivity index (χ4v) is 2.37. The minimum absolute atomic E-state index is 0.0864. The zero-order chi connectivity index (χ0) is 12.0. The molecule has 0 saturated heterocycles. The summed E-state index contributed by atoms with van der Waals surface area (Å²) in [6.07, 6.45) is 8.37. The highest BCUT2D eigenvalue weighted by Gasteiger charge is 2.17. The molecule has 1 amide bonds. The molecule has 1 fully saturated rings. The number of hydrogen-bond donors (Lipinski definition) is 2. The van der Waals surface area contributed by atoms with E-state index in [-0.39, 0.29) is 5.91 Å². The predicted molar refractivity (Wildman–Crippen MR) is 67.1 cm³/mol. The van der Waals surface area contributed by atoms with Crippen molar-refractivity contribution in [3.05, 3.63) is 0 Å². The lowest BCUT2D eigenvalue weighted by Crippen LogP contribution is -2.39. The third-order valence-corrected chi connectivity index (χ3v) is 3.22. The van der Waals surface area contributed by atoms with Gasteiger partial charge in [-0.05, 0) is 26.2 Å². The van der Waals surface area contributed by atoms with Crippen molar-refractivity contribution in [3.8, 4) is 0 Å². The Kier molecular flexibility index (Phi) is 5.26. The van der Waals surface area contributed by atoms with Crippen LogP contribution in [0.5, 0.6) is 0 Å². The Balaban J connectivity index is 2.08. The molecular weight excluding hydrogens is 200 g/mol. The van der Waals surface area contributed by atoms with Gasteiger partial charge in [0, 0.05) is 18.5 Å². The molecule has 0 spiro atoms. The molecule has 0 bridgehead atoms. The van der Waals surface area contributed by atoms with Crippen LogP contribution in [0.15, 0.2) is 0 Å². The maximum atomic E-state index is 11.5. The predicted octanol–water partition coefficient (Wildman–Crippen LogP) is 2.20. The van der Waals surface area contributed by atoms with E-state index < -0.39 is 5.54 Å². The van der Waals surface area contributed by atoms with Gasteiger partial charge in [-0.3, -0.25) is 4.79 Å². The van der Waals surface area contributed by atoms with Crippen LogP contribution in [0.1, 0.15) is 58.8 Å². The smallest absolute Gasteiger partial charge is 0.221 e. The molecule has 1 aliphatic carbocycles. The molecule has 0 aromatic rings. The normalized spacial score (nSPS) is 18.4. The van der Waals surface area contributed by atoms with Crippen molar-refractivity contribution < 1.29 is 4.79 Å². The number of carbonyl (C=O) groups is 1. The summed E-state index contributed by atoms with van der Waals surface area (Å²) in [6.45, 7) is 4.58. The first-order valence-corrected chi connectivity index (χ1v) is 6.53. The molecule has 3 N–H and O–H groups in total. The van der Waals surface area contributed by atoms with Crippen LogP contribution in [0.25, 0.3) is 0 Å². The van der Waals surface area contributed by atoms with Gasteiger partial charge >= 0.3 is 0 Å². The molecule has 1 aliphatic rings. The Labute approximate surface area is 99.2 Å². The summed E-state index contributed by atoms with van der Waals surface area (Å²) in [6, 6.07) is 0. The minimum atomic E-state index is -0.394. The molecule has 0 atom stereocenters. The van der Waals surface area contributed by atoms with Crippen molar-refractivity contribution in [2.45, 2.75) is 64.3 Å². The van der Waals surface area contributed by atoms with Gasteiger partial charge < -0.3 is 11.1 Å². The maximum absolute atomic E-state index is 11.5. The summed E-state index contributed by atoms with van der Waals surface area (Å²) in [5, 5.41) is 2.97. The highest BCUT2D eigenvalue weighted by atomic mass is 16.1. The summed E-state index contributed by atoms with van der Waals surface area (Å²) in [5.41, 5.74) is 5.40. The zero-order valence-corrected chi connectivity index (χ0v) is 10.7. The summed E-state index contributed by atoms with van der Waals surface area (Å²) in [4.78, 5) is 11.5. The van der Waals surface area contributed by atoms with E-state index in [1.165, 1.54) is 32.1 Å².